The van der Waals surface area contributed by atoms with E-state index in [2.05, 4.69) is 25.3 Å². The standard InChI is InChI=1S/C13H17N5O2S/c1-7-14-16-12(20-7)9-5-11-10(3-4-19-11)18(6-9)13-17-15-8(2)21-13/h9-11H,3-6H2,1-2H3/t9-,10+,11+/m1/s1. The second-order valence-corrected chi connectivity index (χ2v) is 6.77. The molecule has 0 radical (unpaired) electrons. The molecule has 2 aromatic rings. The van der Waals surface area contributed by atoms with Crippen molar-refractivity contribution >= 4 is 16.5 Å². The first-order valence-corrected chi connectivity index (χ1v) is 8.00. The lowest BCUT2D eigenvalue weighted by Gasteiger charge is -2.39. The third kappa shape index (κ3) is 2.32. The predicted molar refractivity (Wildman–Crippen MR) is 76.5 cm³/mol. The minimum absolute atomic E-state index is 0.190. The number of ether oxygens (including phenoxy) is 1. The molecule has 3 atom stereocenters. The van der Waals surface area contributed by atoms with Crippen LogP contribution < -0.4 is 4.90 Å². The van der Waals surface area contributed by atoms with E-state index in [-0.39, 0.29) is 12.0 Å². The van der Waals surface area contributed by atoms with E-state index >= 15 is 0 Å². The number of hydrogen-bond donors (Lipinski definition) is 0. The van der Waals surface area contributed by atoms with Crippen LogP contribution in [-0.4, -0.2) is 45.7 Å². The van der Waals surface area contributed by atoms with Crippen molar-refractivity contribution in [3.63, 3.8) is 0 Å². The van der Waals surface area contributed by atoms with Crippen molar-refractivity contribution in [1.82, 2.24) is 20.4 Å². The monoisotopic (exact) mass is 307 g/mol. The summed E-state index contributed by atoms with van der Waals surface area (Å²) in [7, 11) is 0. The van der Waals surface area contributed by atoms with Crippen molar-refractivity contribution in [1.29, 1.82) is 0 Å². The Kier molecular flexibility index (Phi) is 3.15. The molecule has 4 heterocycles. The molecule has 0 aromatic carbocycles. The maximum Gasteiger partial charge on any atom is 0.221 e. The number of piperidine rings is 1. The second kappa shape index (κ2) is 5.03. The summed E-state index contributed by atoms with van der Waals surface area (Å²) < 4.78 is 11.5. The molecule has 0 saturated carbocycles. The number of aryl methyl sites for hydroxylation is 2. The smallest absolute Gasteiger partial charge is 0.221 e. The fourth-order valence-corrected chi connectivity index (χ4v) is 3.98. The molecular weight excluding hydrogens is 290 g/mol. The van der Waals surface area contributed by atoms with Crippen molar-refractivity contribution in [3.8, 4) is 0 Å². The SMILES string of the molecule is Cc1nnc([C@@H]2C[C@@H]3OCC[C@@H]3N(c3nnc(C)s3)C2)o1. The fraction of sp³-hybridized carbons (Fsp3) is 0.692. The lowest BCUT2D eigenvalue weighted by Crippen LogP contribution is -2.49. The first-order chi connectivity index (χ1) is 10.2. The Hall–Kier alpha value is -1.54. The van der Waals surface area contributed by atoms with Gasteiger partial charge < -0.3 is 14.1 Å². The average Bonchev–Trinajstić information content (AvgIpc) is 3.17. The van der Waals surface area contributed by atoms with Gasteiger partial charge in [0.15, 0.2) is 0 Å². The lowest BCUT2D eigenvalue weighted by molar-refractivity contribution is 0.0766. The van der Waals surface area contributed by atoms with Gasteiger partial charge in [0.25, 0.3) is 0 Å². The molecule has 4 rings (SSSR count). The Bertz CT molecular complexity index is 642. The molecule has 112 valence electrons. The number of aromatic nitrogens is 4. The highest BCUT2D eigenvalue weighted by atomic mass is 32.1. The van der Waals surface area contributed by atoms with Crippen molar-refractivity contribution in [2.24, 2.45) is 0 Å². The van der Waals surface area contributed by atoms with Gasteiger partial charge in [-0.2, -0.15) is 0 Å². The summed E-state index contributed by atoms with van der Waals surface area (Å²) in [5.74, 6) is 1.50. The third-order valence-electron chi connectivity index (χ3n) is 4.16. The Labute approximate surface area is 126 Å². The van der Waals surface area contributed by atoms with E-state index in [0.29, 0.717) is 17.8 Å². The molecule has 2 fully saturated rings. The molecule has 0 N–H and O–H groups in total. The van der Waals surface area contributed by atoms with Gasteiger partial charge in [0, 0.05) is 20.1 Å². The van der Waals surface area contributed by atoms with Gasteiger partial charge in [-0.15, -0.1) is 20.4 Å². The van der Waals surface area contributed by atoms with Crippen LogP contribution in [0.15, 0.2) is 4.42 Å². The molecule has 2 aromatic heterocycles. The molecule has 0 unspecified atom stereocenters. The van der Waals surface area contributed by atoms with Crippen LogP contribution in [-0.2, 0) is 4.74 Å². The van der Waals surface area contributed by atoms with Crippen LogP contribution in [0.5, 0.6) is 0 Å². The summed E-state index contributed by atoms with van der Waals surface area (Å²) in [4.78, 5) is 2.32. The maximum absolute atomic E-state index is 5.90. The van der Waals surface area contributed by atoms with Crippen LogP contribution >= 0.6 is 11.3 Å². The molecule has 2 aliphatic rings. The zero-order chi connectivity index (χ0) is 14.4. The predicted octanol–water partition coefficient (Wildman–Crippen LogP) is 1.69. The maximum atomic E-state index is 5.90. The van der Waals surface area contributed by atoms with Crippen molar-refractivity contribution in [2.75, 3.05) is 18.1 Å². The quantitative estimate of drug-likeness (QED) is 0.835. The Balaban J connectivity index is 1.64. The van der Waals surface area contributed by atoms with Gasteiger partial charge in [-0.3, -0.25) is 0 Å². The average molecular weight is 307 g/mol. The van der Waals surface area contributed by atoms with Gasteiger partial charge in [-0.1, -0.05) is 11.3 Å². The Morgan fingerprint density at radius 1 is 1.19 bits per heavy atom. The van der Waals surface area contributed by atoms with Crippen LogP contribution in [0, 0.1) is 13.8 Å². The molecule has 2 saturated heterocycles. The largest absolute Gasteiger partial charge is 0.425 e. The van der Waals surface area contributed by atoms with Crippen molar-refractivity contribution in [3.05, 3.63) is 16.8 Å². The number of rotatable bonds is 2. The van der Waals surface area contributed by atoms with E-state index in [9.17, 15) is 0 Å². The zero-order valence-electron chi connectivity index (χ0n) is 12.0. The van der Waals surface area contributed by atoms with Gasteiger partial charge in [0.1, 0.15) is 5.01 Å². The normalized spacial score (nSPS) is 28.9. The third-order valence-corrected chi connectivity index (χ3v) is 5.04. The summed E-state index contributed by atoms with van der Waals surface area (Å²) in [6.07, 6.45) is 2.18. The van der Waals surface area contributed by atoms with Crippen LogP contribution in [0.4, 0.5) is 5.13 Å². The van der Waals surface area contributed by atoms with Crippen molar-refractivity contribution in [2.45, 2.75) is 44.8 Å². The van der Waals surface area contributed by atoms with Crippen LogP contribution in [0.2, 0.25) is 0 Å². The van der Waals surface area contributed by atoms with Gasteiger partial charge in [-0.25, -0.2) is 0 Å². The molecule has 0 spiro atoms. The molecule has 21 heavy (non-hydrogen) atoms. The molecule has 7 nitrogen and oxygen atoms in total. The lowest BCUT2D eigenvalue weighted by atomic mass is 9.90. The van der Waals surface area contributed by atoms with E-state index in [4.69, 9.17) is 9.15 Å². The minimum Gasteiger partial charge on any atom is -0.425 e. The van der Waals surface area contributed by atoms with Crippen LogP contribution in [0.1, 0.15) is 35.5 Å². The van der Waals surface area contributed by atoms with Crippen LogP contribution in [0.3, 0.4) is 0 Å². The molecule has 2 aliphatic heterocycles. The minimum atomic E-state index is 0.190. The highest BCUT2D eigenvalue weighted by Gasteiger charge is 2.43. The summed E-state index contributed by atoms with van der Waals surface area (Å²) in [5.41, 5.74) is 0. The topological polar surface area (TPSA) is 77.2 Å². The first kappa shape index (κ1) is 13.1. The summed E-state index contributed by atoms with van der Waals surface area (Å²) in [6.45, 7) is 5.44. The summed E-state index contributed by atoms with van der Waals surface area (Å²) in [5, 5.41) is 18.5. The van der Waals surface area contributed by atoms with Gasteiger partial charge in [-0.05, 0) is 19.8 Å². The second-order valence-electron chi connectivity index (χ2n) is 5.61. The van der Waals surface area contributed by atoms with Gasteiger partial charge >= 0.3 is 0 Å². The number of nitrogens with zero attached hydrogens (tertiary/aromatic N) is 5. The highest BCUT2D eigenvalue weighted by molar-refractivity contribution is 7.15. The summed E-state index contributed by atoms with van der Waals surface area (Å²) >= 11 is 1.63. The summed E-state index contributed by atoms with van der Waals surface area (Å²) in [6, 6.07) is 0.387. The van der Waals surface area contributed by atoms with E-state index in [1.165, 1.54) is 0 Å². The van der Waals surface area contributed by atoms with Crippen LogP contribution in [0.25, 0.3) is 0 Å². The zero-order valence-corrected chi connectivity index (χ0v) is 12.8. The van der Waals surface area contributed by atoms with Gasteiger partial charge in [0.2, 0.25) is 16.9 Å². The fourth-order valence-electron chi connectivity index (χ4n) is 3.22. The van der Waals surface area contributed by atoms with E-state index in [0.717, 1.165) is 36.1 Å². The van der Waals surface area contributed by atoms with Crippen molar-refractivity contribution < 1.29 is 9.15 Å². The van der Waals surface area contributed by atoms with E-state index in [1.54, 1.807) is 11.3 Å². The Morgan fingerprint density at radius 3 is 2.81 bits per heavy atom. The number of fused-ring (bicyclic) bond motifs is 1. The molecular formula is C13H17N5O2S. The Morgan fingerprint density at radius 2 is 2.10 bits per heavy atom. The number of anilines is 1. The van der Waals surface area contributed by atoms with E-state index in [1.807, 2.05) is 13.8 Å². The molecule has 8 heteroatoms. The molecule has 0 bridgehead atoms. The first-order valence-electron chi connectivity index (χ1n) is 7.19. The number of hydrogen-bond acceptors (Lipinski definition) is 8. The molecule has 0 amide bonds. The molecule has 0 aliphatic carbocycles. The van der Waals surface area contributed by atoms with E-state index < -0.39 is 0 Å². The van der Waals surface area contributed by atoms with Gasteiger partial charge in [0.05, 0.1) is 18.1 Å². The highest BCUT2D eigenvalue weighted by Crippen LogP contribution is 2.39.